The topological polar surface area (TPSA) is 3.24 Å². The fraction of sp³-hybridized carbons (Fsp3) is 0.111. The van der Waals surface area contributed by atoms with Crippen molar-refractivity contribution >= 4 is 11.8 Å². The van der Waals surface area contributed by atoms with Gasteiger partial charge in [0.25, 0.3) is 0 Å². The first-order valence-electron chi connectivity index (χ1n) is 6.21. The van der Waals surface area contributed by atoms with E-state index < -0.39 is 0 Å². The van der Waals surface area contributed by atoms with Gasteiger partial charge in [-0.25, -0.2) is 0 Å². The third kappa shape index (κ3) is 3.26. The third-order valence-electron chi connectivity index (χ3n) is 2.85. The molecule has 19 heavy (non-hydrogen) atoms. The van der Waals surface area contributed by atoms with E-state index >= 15 is 0 Å². The molecular weight excluding hydrogens is 230 g/mol. The lowest BCUT2D eigenvalue weighted by Gasteiger charge is -2.15. The molecule has 0 aliphatic carbocycles. The molecule has 1 heteroatoms. The predicted octanol–water partition coefficient (Wildman–Crippen LogP) is 3.80. The fourth-order valence-corrected chi connectivity index (χ4v) is 1.83. The van der Waals surface area contributed by atoms with Crippen LogP contribution in [0.5, 0.6) is 0 Å². The summed E-state index contributed by atoms with van der Waals surface area (Å²) in [5, 5.41) is 0. The van der Waals surface area contributed by atoms with Crippen molar-refractivity contribution in [1.29, 1.82) is 0 Å². The number of nitrogens with zero attached hydrogens (tertiary/aromatic N) is 1. The summed E-state index contributed by atoms with van der Waals surface area (Å²) in [6.45, 7) is 3.80. The number of anilines is 1. The van der Waals surface area contributed by atoms with Crippen LogP contribution in [0.3, 0.4) is 0 Å². The standard InChI is InChI=1S/C18H17N/c1-4-15-11-13-18(19(2)3)17(14-15)12-10-16-8-6-5-7-9-16/h4-9,11,13-14H,1H2,2-3H3. The van der Waals surface area contributed by atoms with E-state index in [2.05, 4.69) is 41.5 Å². The van der Waals surface area contributed by atoms with Crippen molar-refractivity contribution in [2.75, 3.05) is 19.0 Å². The van der Waals surface area contributed by atoms with Gasteiger partial charge in [-0.1, -0.05) is 48.8 Å². The lowest BCUT2D eigenvalue weighted by atomic mass is 10.1. The Bertz CT molecular complexity index is 628. The van der Waals surface area contributed by atoms with Crippen LogP contribution in [0.2, 0.25) is 0 Å². The second kappa shape index (κ2) is 5.93. The van der Waals surface area contributed by atoms with Gasteiger partial charge in [-0.3, -0.25) is 0 Å². The zero-order chi connectivity index (χ0) is 13.7. The molecule has 0 aromatic heterocycles. The van der Waals surface area contributed by atoms with E-state index in [1.165, 1.54) is 0 Å². The first kappa shape index (κ1) is 13.0. The highest BCUT2D eigenvalue weighted by Gasteiger charge is 2.02. The van der Waals surface area contributed by atoms with Gasteiger partial charge in [0.2, 0.25) is 0 Å². The zero-order valence-electron chi connectivity index (χ0n) is 11.4. The molecule has 1 nitrogen and oxygen atoms in total. The normalized spacial score (nSPS) is 9.37. The summed E-state index contributed by atoms with van der Waals surface area (Å²) >= 11 is 0. The van der Waals surface area contributed by atoms with Gasteiger partial charge in [0, 0.05) is 25.2 Å². The molecule has 0 saturated heterocycles. The van der Waals surface area contributed by atoms with Gasteiger partial charge in [-0.2, -0.15) is 0 Å². The fourth-order valence-electron chi connectivity index (χ4n) is 1.83. The molecule has 2 rings (SSSR count). The first-order valence-corrected chi connectivity index (χ1v) is 6.21. The van der Waals surface area contributed by atoms with Crippen LogP contribution in [-0.4, -0.2) is 14.1 Å². The quantitative estimate of drug-likeness (QED) is 0.730. The number of hydrogen-bond acceptors (Lipinski definition) is 1. The van der Waals surface area contributed by atoms with E-state index in [9.17, 15) is 0 Å². The summed E-state index contributed by atoms with van der Waals surface area (Å²) in [4.78, 5) is 2.07. The van der Waals surface area contributed by atoms with Crippen molar-refractivity contribution in [2.24, 2.45) is 0 Å². The molecule has 0 fully saturated rings. The smallest absolute Gasteiger partial charge is 0.0520 e. The van der Waals surface area contributed by atoms with E-state index in [0.29, 0.717) is 0 Å². The van der Waals surface area contributed by atoms with Crippen molar-refractivity contribution in [1.82, 2.24) is 0 Å². The number of rotatable bonds is 2. The predicted molar refractivity (Wildman–Crippen MR) is 83.3 cm³/mol. The monoisotopic (exact) mass is 247 g/mol. The van der Waals surface area contributed by atoms with Crippen LogP contribution in [0.1, 0.15) is 16.7 Å². The average molecular weight is 247 g/mol. The Kier molecular flexibility index (Phi) is 4.05. The van der Waals surface area contributed by atoms with Crippen molar-refractivity contribution < 1.29 is 0 Å². The van der Waals surface area contributed by atoms with E-state index in [0.717, 1.165) is 22.4 Å². The lowest BCUT2D eigenvalue weighted by Crippen LogP contribution is -2.10. The molecule has 0 atom stereocenters. The van der Waals surface area contributed by atoms with Crippen LogP contribution in [-0.2, 0) is 0 Å². The molecule has 0 aliphatic rings. The van der Waals surface area contributed by atoms with Gasteiger partial charge in [0.05, 0.1) is 5.69 Å². The van der Waals surface area contributed by atoms with Crippen LogP contribution in [0, 0.1) is 11.8 Å². The first-order chi connectivity index (χ1) is 9.20. The van der Waals surface area contributed by atoms with Gasteiger partial charge in [0.15, 0.2) is 0 Å². The van der Waals surface area contributed by atoms with Crippen LogP contribution in [0.25, 0.3) is 6.08 Å². The Morgan fingerprint density at radius 2 is 1.74 bits per heavy atom. The Morgan fingerprint density at radius 3 is 2.37 bits per heavy atom. The summed E-state index contributed by atoms with van der Waals surface area (Å²) in [7, 11) is 4.05. The van der Waals surface area contributed by atoms with Crippen LogP contribution >= 0.6 is 0 Å². The molecule has 0 unspecified atom stereocenters. The molecule has 0 aliphatic heterocycles. The molecule has 94 valence electrons. The lowest BCUT2D eigenvalue weighted by molar-refractivity contribution is 1.13. The molecular formula is C18H17N. The maximum Gasteiger partial charge on any atom is 0.0520 e. The molecule has 2 aromatic rings. The minimum atomic E-state index is 1.02. The second-order valence-electron chi connectivity index (χ2n) is 4.49. The highest BCUT2D eigenvalue weighted by atomic mass is 15.1. The van der Waals surface area contributed by atoms with Gasteiger partial charge >= 0.3 is 0 Å². The van der Waals surface area contributed by atoms with Gasteiger partial charge < -0.3 is 4.90 Å². The Labute approximate surface area is 115 Å². The van der Waals surface area contributed by atoms with Crippen molar-refractivity contribution in [3.05, 3.63) is 71.8 Å². The van der Waals surface area contributed by atoms with Gasteiger partial charge in [-0.15, -0.1) is 0 Å². The largest absolute Gasteiger partial charge is 0.377 e. The highest BCUT2D eigenvalue weighted by molar-refractivity contribution is 5.65. The van der Waals surface area contributed by atoms with Crippen LogP contribution < -0.4 is 4.90 Å². The molecule has 0 amide bonds. The average Bonchev–Trinajstić information content (AvgIpc) is 2.45. The summed E-state index contributed by atoms with van der Waals surface area (Å²) in [5.41, 5.74) is 4.25. The maximum atomic E-state index is 3.80. The highest BCUT2D eigenvalue weighted by Crippen LogP contribution is 2.20. The minimum Gasteiger partial charge on any atom is -0.377 e. The summed E-state index contributed by atoms with van der Waals surface area (Å²) in [5.74, 6) is 6.44. The third-order valence-corrected chi connectivity index (χ3v) is 2.85. The Morgan fingerprint density at radius 1 is 1.00 bits per heavy atom. The molecule has 0 heterocycles. The van der Waals surface area contributed by atoms with Gasteiger partial charge in [-0.05, 0) is 29.8 Å². The zero-order valence-corrected chi connectivity index (χ0v) is 11.4. The Hall–Kier alpha value is -2.46. The molecule has 0 spiro atoms. The SMILES string of the molecule is C=Cc1ccc(N(C)C)c(C#Cc2ccccc2)c1. The van der Waals surface area contributed by atoms with E-state index in [1.807, 2.05) is 50.5 Å². The van der Waals surface area contributed by atoms with E-state index in [-0.39, 0.29) is 0 Å². The molecule has 0 N–H and O–H groups in total. The van der Waals surface area contributed by atoms with Crippen molar-refractivity contribution in [3.63, 3.8) is 0 Å². The van der Waals surface area contributed by atoms with Crippen molar-refractivity contribution in [2.45, 2.75) is 0 Å². The number of benzene rings is 2. The van der Waals surface area contributed by atoms with Gasteiger partial charge in [0.1, 0.15) is 0 Å². The second-order valence-corrected chi connectivity index (χ2v) is 4.49. The summed E-state index contributed by atoms with van der Waals surface area (Å²) in [6.07, 6.45) is 1.84. The molecule has 0 saturated carbocycles. The molecule has 0 radical (unpaired) electrons. The van der Waals surface area contributed by atoms with E-state index in [1.54, 1.807) is 0 Å². The Balaban J connectivity index is 2.43. The maximum absolute atomic E-state index is 3.80. The number of hydrogen-bond donors (Lipinski definition) is 0. The summed E-state index contributed by atoms with van der Waals surface area (Å²) < 4.78 is 0. The van der Waals surface area contributed by atoms with Crippen LogP contribution in [0.15, 0.2) is 55.1 Å². The van der Waals surface area contributed by atoms with Crippen molar-refractivity contribution in [3.8, 4) is 11.8 Å². The molecule has 2 aromatic carbocycles. The van der Waals surface area contributed by atoms with Crippen LogP contribution in [0.4, 0.5) is 5.69 Å². The molecule has 0 bridgehead atoms. The minimum absolute atomic E-state index is 1.02. The summed E-state index contributed by atoms with van der Waals surface area (Å²) in [6, 6.07) is 16.2. The van der Waals surface area contributed by atoms with E-state index in [4.69, 9.17) is 0 Å².